The summed E-state index contributed by atoms with van der Waals surface area (Å²) in [5.74, 6) is 0.627. The Labute approximate surface area is 105 Å². The number of carboxylic acid groups (broad SMARTS) is 1. The molecule has 1 unspecified atom stereocenters. The summed E-state index contributed by atoms with van der Waals surface area (Å²) in [6.07, 6.45) is 10.4. The van der Waals surface area contributed by atoms with Crippen LogP contribution in [0, 0.1) is 11.8 Å². The van der Waals surface area contributed by atoms with Crippen LogP contribution in [-0.2, 0) is 4.79 Å². The molecule has 0 bridgehead atoms. The van der Waals surface area contributed by atoms with E-state index in [1.165, 1.54) is 19.3 Å². The molecular weight excluding hydrogens is 212 g/mol. The summed E-state index contributed by atoms with van der Waals surface area (Å²) in [6, 6.07) is 0. The molecule has 0 saturated heterocycles. The molecule has 0 aliphatic rings. The fraction of sp³-hybridized carbons (Fsp3) is 0.667. The van der Waals surface area contributed by atoms with Gasteiger partial charge in [0.25, 0.3) is 0 Å². The Kier molecular flexibility index (Phi) is 8.47. The van der Waals surface area contributed by atoms with Crippen LogP contribution in [0.1, 0.15) is 53.4 Å². The Morgan fingerprint density at radius 3 is 2.41 bits per heavy atom. The summed E-state index contributed by atoms with van der Waals surface area (Å²) < 4.78 is 0. The highest BCUT2D eigenvalue weighted by atomic mass is 16.4. The molecule has 0 aromatic carbocycles. The molecule has 0 fully saturated rings. The lowest BCUT2D eigenvalue weighted by atomic mass is 9.97. The first-order valence-corrected chi connectivity index (χ1v) is 6.50. The van der Waals surface area contributed by atoms with Crippen LogP contribution in [0.4, 0.5) is 0 Å². The average Bonchev–Trinajstić information content (AvgIpc) is 2.23. The second kappa shape index (κ2) is 9.03. The predicted molar refractivity (Wildman–Crippen MR) is 73.0 cm³/mol. The number of hydrogen-bond donors (Lipinski definition) is 1. The van der Waals surface area contributed by atoms with Gasteiger partial charge in [0.1, 0.15) is 0 Å². The SMILES string of the molecule is CC(=CC=CCC(C)CCCC(C)C)C(=O)O. The Morgan fingerprint density at radius 1 is 1.24 bits per heavy atom. The topological polar surface area (TPSA) is 37.3 Å². The minimum Gasteiger partial charge on any atom is -0.478 e. The number of carboxylic acids is 1. The second-order valence-corrected chi connectivity index (χ2v) is 5.25. The van der Waals surface area contributed by atoms with Gasteiger partial charge in [0.2, 0.25) is 0 Å². The molecule has 1 N–H and O–H groups in total. The van der Waals surface area contributed by atoms with E-state index in [-0.39, 0.29) is 0 Å². The van der Waals surface area contributed by atoms with E-state index < -0.39 is 5.97 Å². The number of allylic oxidation sites excluding steroid dienone is 3. The zero-order valence-corrected chi connectivity index (χ0v) is 11.6. The summed E-state index contributed by atoms with van der Waals surface area (Å²) in [7, 11) is 0. The molecule has 98 valence electrons. The maximum atomic E-state index is 10.5. The molecule has 0 amide bonds. The normalized spacial score (nSPS) is 14.5. The van der Waals surface area contributed by atoms with E-state index in [1.807, 2.05) is 6.08 Å². The molecule has 0 saturated carbocycles. The zero-order valence-electron chi connectivity index (χ0n) is 11.6. The van der Waals surface area contributed by atoms with Crippen LogP contribution in [0.3, 0.4) is 0 Å². The third-order valence-electron chi connectivity index (χ3n) is 2.84. The van der Waals surface area contributed by atoms with Crippen molar-refractivity contribution >= 4 is 5.97 Å². The molecule has 2 heteroatoms. The average molecular weight is 238 g/mol. The molecule has 0 heterocycles. The van der Waals surface area contributed by atoms with Crippen LogP contribution in [0.15, 0.2) is 23.8 Å². The van der Waals surface area contributed by atoms with Crippen LogP contribution in [0.5, 0.6) is 0 Å². The van der Waals surface area contributed by atoms with Gasteiger partial charge in [-0.25, -0.2) is 4.79 Å². The fourth-order valence-electron chi connectivity index (χ4n) is 1.59. The van der Waals surface area contributed by atoms with Crippen LogP contribution in [0.25, 0.3) is 0 Å². The lowest BCUT2D eigenvalue weighted by Gasteiger charge is -2.09. The standard InChI is InChI=1S/C15H26O2/c1-12(2)8-7-10-13(3)9-5-6-11-14(4)15(16)17/h5-6,11-13H,7-10H2,1-4H3,(H,16,17). The van der Waals surface area contributed by atoms with Crippen molar-refractivity contribution in [3.63, 3.8) is 0 Å². The van der Waals surface area contributed by atoms with Crippen LogP contribution >= 0.6 is 0 Å². The molecule has 2 nitrogen and oxygen atoms in total. The molecule has 0 aliphatic heterocycles. The van der Waals surface area contributed by atoms with Gasteiger partial charge >= 0.3 is 5.97 Å². The van der Waals surface area contributed by atoms with E-state index in [0.29, 0.717) is 11.5 Å². The van der Waals surface area contributed by atoms with Gasteiger partial charge in [-0.2, -0.15) is 0 Å². The summed E-state index contributed by atoms with van der Waals surface area (Å²) in [5.41, 5.74) is 0.383. The van der Waals surface area contributed by atoms with E-state index in [0.717, 1.165) is 12.3 Å². The van der Waals surface area contributed by atoms with E-state index in [1.54, 1.807) is 13.0 Å². The first kappa shape index (κ1) is 16.0. The Balaban J connectivity index is 3.76. The van der Waals surface area contributed by atoms with Crippen LogP contribution < -0.4 is 0 Å². The summed E-state index contributed by atoms with van der Waals surface area (Å²) in [5, 5.41) is 8.66. The largest absolute Gasteiger partial charge is 0.478 e. The highest BCUT2D eigenvalue weighted by Crippen LogP contribution is 2.15. The molecule has 0 aromatic heterocycles. The minimum atomic E-state index is -0.848. The molecule has 0 radical (unpaired) electrons. The van der Waals surface area contributed by atoms with Gasteiger partial charge in [0, 0.05) is 5.57 Å². The maximum Gasteiger partial charge on any atom is 0.331 e. The third-order valence-corrected chi connectivity index (χ3v) is 2.84. The van der Waals surface area contributed by atoms with E-state index in [4.69, 9.17) is 5.11 Å². The smallest absolute Gasteiger partial charge is 0.331 e. The number of hydrogen-bond acceptors (Lipinski definition) is 1. The highest BCUT2D eigenvalue weighted by molar-refractivity contribution is 5.86. The number of aliphatic carboxylic acids is 1. The Bertz CT molecular complexity index is 275. The van der Waals surface area contributed by atoms with Crippen LogP contribution in [-0.4, -0.2) is 11.1 Å². The highest BCUT2D eigenvalue weighted by Gasteiger charge is 2.01. The number of rotatable bonds is 8. The first-order chi connectivity index (χ1) is 7.93. The van der Waals surface area contributed by atoms with Crippen molar-refractivity contribution in [1.29, 1.82) is 0 Å². The van der Waals surface area contributed by atoms with Crippen molar-refractivity contribution < 1.29 is 9.90 Å². The maximum absolute atomic E-state index is 10.5. The Hall–Kier alpha value is -1.05. The quantitative estimate of drug-likeness (QED) is 0.502. The first-order valence-electron chi connectivity index (χ1n) is 6.50. The lowest BCUT2D eigenvalue weighted by molar-refractivity contribution is -0.132. The summed E-state index contributed by atoms with van der Waals surface area (Å²) in [6.45, 7) is 8.37. The van der Waals surface area contributed by atoms with Gasteiger partial charge in [-0.1, -0.05) is 58.3 Å². The van der Waals surface area contributed by atoms with Gasteiger partial charge in [-0.15, -0.1) is 0 Å². The molecule has 0 spiro atoms. The van der Waals surface area contributed by atoms with Crippen molar-refractivity contribution in [2.45, 2.75) is 53.4 Å². The minimum absolute atomic E-state index is 0.383. The molecule has 17 heavy (non-hydrogen) atoms. The molecule has 0 aliphatic carbocycles. The van der Waals surface area contributed by atoms with Gasteiger partial charge in [-0.3, -0.25) is 0 Å². The fourth-order valence-corrected chi connectivity index (χ4v) is 1.59. The molecule has 0 rings (SSSR count). The van der Waals surface area contributed by atoms with Crippen molar-refractivity contribution in [2.24, 2.45) is 11.8 Å². The summed E-state index contributed by atoms with van der Waals surface area (Å²) in [4.78, 5) is 10.5. The van der Waals surface area contributed by atoms with Gasteiger partial charge in [-0.05, 0) is 25.2 Å². The van der Waals surface area contributed by atoms with E-state index >= 15 is 0 Å². The zero-order chi connectivity index (χ0) is 13.3. The van der Waals surface area contributed by atoms with E-state index in [9.17, 15) is 4.79 Å². The molecular formula is C15H26O2. The second-order valence-electron chi connectivity index (χ2n) is 5.25. The van der Waals surface area contributed by atoms with Crippen LogP contribution in [0.2, 0.25) is 0 Å². The van der Waals surface area contributed by atoms with E-state index in [2.05, 4.69) is 26.8 Å². The lowest BCUT2D eigenvalue weighted by Crippen LogP contribution is -1.95. The molecule has 1 atom stereocenters. The summed E-state index contributed by atoms with van der Waals surface area (Å²) >= 11 is 0. The molecule has 0 aromatic rings. The third kappa shape index (κ3) is 9.86. The predicted octanol–water partition coefficient (Wildman–Crippen LogP) is 4.43. The van der Waals surface area contributed by atoms with Crippen molar-refractivity contribution in [2.75, 3.05) is 0 Å². The monoisotopic (exact) mass is 238 g/mol. The van der Waals surface area contributed by atoms with Crippen molar-refractivity contribution in [3.8, 4) is 0 Å². The number of carbonyl (C=O) groups is 1. The van der Waals surface area contributed by atoms with Gasteiger partial charge in [0.15, 0.2) is 0 Å². The van der Waals surface area contributed by atoms with Gasteiger partial charge < -0.3 is 5.11 Å². The van der Waals surface area contributed by atoms with Crippen molar-refractivity contribution in [3.05, 3.63) is 23.8 Å². The van der Waals surface area contributed by atoms with Crippen molar-refractivity contribution in [1.82, 2.24) is 0 Å². The van der Waals surface area contributed by atoms with Gasteiger partial charge in [0.05, 0.1) is 0 Å². The Morgan fingerprint density at radius 2 is 1.88 bits per heavy atom.